The smallest absolute Gasteiger partial charge is 0.337 e. The summed E-state index contributed by atoms with van der Waals surface area (Å²) in [5.41, 5.74) is 1.23. The summed E-state index contributed by atoms with van der Waals surface area (Å²) >= 11 is 3.43. The van der Waals surface area contributed by atoms with Crippen LogP contribution in [0.4, 0.5) is 5.69 Å². The standard InChI is InChI=1S/C14H18BrNO2/c1-10-5-3-2-4-8-16(10)13-9-11(15)6-7-12(13)14(17)18/h6-7,9-10H,2-5,8H2,1H3,(H,17,18). The van der Waals surface area contributed by atoms with Crippen LogP contribution < -0.4 is 4.90 Å². The third kappa shape index (κ3) is 2.86. The number of carboxylic acids is 1. The first-order valence-corrected chi connectivity index (χ1v) is 7.18. The molecule has 1 heterocycles. The van der Waals surface area contributed by atoms with Gasteiger partial charge >= 0.3 is 5.97 Å². The van der Waals surface area contributed by atoms with E-state index in [9.17, 15) is 9.90 Å². The second-order valence-corrected chi connectivity index (χ2v) is 5.77. The summed E-state index contributed by atoms with van der Waals surface area (Å²) in [4.78, 5) is 13.6. The van der Waals surface area contributed by atoms with Crippen molar-refractivity contribution in [2.24, 2.45) is 0 Å². The fourth-order valence-corrected chi connectivity index (χ4v) is 2.91. The van der Waals surface area contributed by atoms with E-state index in [2.05, 4.69) is 27.8 Å². The van der Waals surface area contributed by atoms with E-state index >= 15 is 0 Å². The molecule has 0 aromatic heterocycles. The molecule has 1 N–H and O–H groups in total. The molecular formula is C14H18BrNO2. The largest absolute Gasteiger partial charge is 0.478 e. The zero-order chi connectivity index (χ0) is 13.1. The van der Waals surface area contributed by atoms with Crippen LogP contribution in [-0.4, -0.2) is 23.7 Å². The van der Waals surface area contributed by atoms with Gasteiger partial charge in [-0.1, -0.05) is 28.8 Å². The van der Waals surface area contributed by atoms with E-state index in [1.807, 2.05) is 6.07 Å². The average molecular weight is 312 g/mol. The highest BCUT2D eigenvalue weighted by Crippen LogP contribution is 2.30. The molecule has 4 heteroatoms. The highest BCUT2D eigenvalue weighted by atomic mass is 79.9. The summed E-state index contributed by atoms with van der Waals surface area (Å²) in [6.07, 6.45) is 4.73. The van der Waals surface area contributed by atoms with Crippen LogP contribution in [0.2, 0.25) is 0 Å². The van der Waals surface area contributed by atoms with Gasteiger partial charge in [0.1, 0.15) is 0 Å². The molecule has 1 saturated heterocycles. The fourth-order valence-electron chi connectivity index (χ4n) is 2.56. The molecule has 0 aliphatic carbocycles. The molecule has 1 aromatic rings. The minimum Gasteiger partial charge on any atom is -0.478 e. The first-order valence-electron chi connectivity index (χ1n) is 6.39. The molecule has 1 aromatic carbocycles. The Balaban J connectivity index is 2.40. The van der Waals surface area contributed by atoms with Crippen LogP contribution in [0, 0.1) is 0 Å². The maximum atomic E-state index is 11.3. The normalized spacial score (nSPS) is 20.6. The SMILES string of the molecule is CC1CCCCCN1c1cc(Br)ccc1C(=O)O. The van der Waals surface area contributed by atoms with Gasteiger partial charge in [0, 0.05) is 17.1 Å². The lowest BCUT2D eigenvalue weighted by atomic mass is 10.1. The third-order valence-electron chi connectivity index (χ3n) is 3.55. The van der Waals surface area contributed by atoms with Gasteiger partial charge in [-0.25, -0.2) is 4.79 Å². The van der Waals surface area contributed by atoms with Crippen molar-refractivity contribution in [2.75, 3.05) is 11.4 Å². The Labute approximate surface area is 116 Å². The molecule has 0 bridgehead atoms. The Hall–Kier alpha value is -1.03. The molecule has 1 unspecified atom stereocenters. The lowest BCUT2D eigenvalue weighted by molar-refractivity contribution is 0.0697. The second-order valence-electron chi connectivity index (χ2n) is 4.86. The van der Waals surface area contributed by atoms with E-state index in [1.54, 1.807) is 12.1 Å². The summed E-state index contributed by atoms with van der Waals surface area (Å²) in [6, 6.07) is 5.79. The maximum absolute atomic E-state index is 11.3. The predicted octanol–water partition coefficient (Wildman–Crippen LogP) is 3.92. The summed E-state index contributed by atoms with van der Waals surface area (Å²) in [5.74, 6) is -0.853. The first kappa shape index (κ1) is 13.4. The van der Waals surface area contributed by atoms with Crippen molar-refractivity contribution in [1.29, 1.82) is 0 Å². The summed E-state index contributed by atoms with van der Waals surface area (Å²) in [5, 5.41) is 9.30. The zero-order valence-corrected chi connectivity index (χ0v) is 12.1. The Morgan fingerprint density at radius 3 is 2.89 bits per heavy atom. The minimum absolute atomic E-state index is 0.395. The Morgan fingerprint density at radius 2 is 2.17 bits per heavy atom. The van der Waals surface area contributed by atoms with E-state index in [-0.39, 0.29) is 0 Å². The van der Waals surface area contributed by atoms with Crippen LogP contribution in [0.25, 0.3) is 0 Å². The van der Waals surface area contributed by atoms with Crippen molar-refractivity contribution in [1.82, 2.24) is 0 Å². The van der Waals surface area contributed by atoms with Crippen LogP contribution in [0.5, 0.6) is 0 Å². The molecule has 18 heavy (non-hydrogen) atoms. The lowest BCUT2D eigenvalue weighted by Crippen LogP contribution is -2.33. The maximum Gasteiger partial charge on any atom is 0.337 e. The fraction of sp³-hybridized carbons (Fsp3) is 0.500. The van der Waals surface area contributed by atoms with Crippen LogP contribution >= 0.6 is 15.9 Å². The van der Waals surface area contributed by atoms with Gasteiger partial charge in [-0.05, 0) is 38.0 Å². The van der Waals surface area contributed by atoms with E-state index in [4.69, 9.17) is 0 Å². The third-order valence-corrected chi connectivity index (χ3v) is 4.05. The quantitative estimate of drug-likeness (QED) is 0.900. The molecule has 1 atom stereocenters. The number of carboxylic acid groups (broad SMARTS) is 1. The number of rotatable bonds is 2. The Bertz CT molecular complexity index is 447. The molecule has 0 amide bonds. The molecule has 98 valence electrons. The molecule has 1 aliphatic heterocycles. The van der Waals surface area contributed by atoms with Crippen molar-refractivity contribution < 1.29 is 9.90 Å². The highest BCUT2D eigenvalue weighted by molar-refractivity contribution is 9.10. The van der Waals surface area contributed by atoms with Gasteiger partial charge in [-0.3, -0.25) is 0 Å². The van der Waals surface area contributed by atoms with Crippen molar-refractivity contribution in [3.63, 3.8) is 0 Å². The predicted molar refractivity (Wildman–Crippen MR) is 76.4 cm³/mol. The van der Waals surface area contributed by atoms with Crippen LogP contribution in [-0.2, 0) is 0 Å². The molecule has 0 radical (unpaired) electrons. The zero-order valence-electron chi connectivity index (χ0n) is 10.5. The number of benzene rings is 1. The number of nitrogens with zero attached hydrogens (tertiary/aromatic N) is 1. The van der Waals surface area contributed by atoms with Gasteiger partial charge in [0.05, 0.1) is 11.3 Å². The number of hydrogen-bond donors (Lipinski definition) is 1. The number of halogens is 1. The Kier molecular flexibility index (Phi) is 4.27. The molecule has 1 aliphatic rings. The lowest BCUT2D eigenvalue weighted by Gasteiger charge is -2.30. The van der Waals surface area contributed by atoms with Gasteiger partial charge in [0.15, 0.2) is 0 Å². The van der Waals surface area contributed by atoms with Gasteiger partial charge in [0.25, 0.3) is 0 Å². The van der Waals surface area contributed by atoms with Crippen molar-refractivity contribution in [3.05, 3.63) is 28.2 Å². The second kappa shape index (κ2) is 5.74. The van der Waals surface area contributed by atoms with Crippen molar-refractivity contribution in [2.45, 2.75) is 38.6 Å². The van der Waals surface area contributed by atoms with Crippen LogP contribution in [0.15, 0.2) is 22.7 Å². The van der Waals surface area contributed by atoms with Gasteiger partial charge < -0.3 is 10.0 Å². The van der Waals surface area contributed by atoms with Gasteiger partial charge in [-0.2, -0.15) is 0 Å². The molecule has 1 fully saturated rings. The molecule has 3 nitrogen and oxygen atoms in total. The number of carbonyl (C=O) groups is 1. The van der Waals surface area contributed by atoms with E-state index in [1.165, 1.54) is 12.8 Å². The van der Waals surface area contributed by atoms with Crippen molar-refractivity contribution in [3.8, 4) is 0 Å². The van der Waals surface area contributed by atoms with Crippen LogP contribution in [0.3, 0.4) is 0 Å². The summed E-state index contributed by atoms with van der Waals surface area (Å²) in [7, 11) is 0. The topological polar surface area (TPSA) is 40.5 Å². The molecule has 2 rings (SSSR count). The number of aromatic carboxylic acids is 1. The van der Waals surface area contributed by atoms with E-state index in [0.717, 1.165) is 29.5 Å². The monoisotopic (exact) mass is 311 g/mol. The highest BCUT2D eigenvalue weighted by Gasteiger charge is 2.22. The molecule has 0 spiro atoms. The summed E-state index contributed by atoms with van der Waals surface area (Å²) in [6.45, 7) is 3.12. The molecule has 0 saturated carbocycles. The Morgan fingerprint density at radius 1 is 1.39 bits per heavy atom. The summed E-state index contributed by atoms with van der Waals surface area (Å²) < 4.78 is 0.930. The van der Waals surface area contributed by atoms with Crippen molar-refractivity contribution >= 4 is 27.6 Å². The minimum atomic E-state index is -0.853. The average Bonchev–Trinajstić information content (AvgIpc) is 2.53. The van der Waals surface area contributed by atoms with E-state index < -0.39 is 5.97 Å². The number of hydrogen-bond acceptors (Lipinski definition) is 2. The van der Waals surface area contributed by atoms with E-state index in [0.29, 0.717) is 11.6 Å². The molecular weight excluding hydrogens is 294 g/mol. The van der Waals surface area contributed by atoms with Gasteiger partial charge in [-0.15, -0.1) is 0 Å². The number of anilines is 1. The first-order chi connectivity index (χ1) is 8.59. The van der Waals surface area contributed by atoms with Gasteiger partial charge in [0.2, 0.25) is 0 Å². The van der Waals surface area contributed by atoms with Crippen LogP contribution in [0.1, 0.15) is 43.0 Å².